The minimum absolute atomic E-state index is 0.770. The van der Waals surface area contributed by atoms with Crippen molar-refractivity contribution in [1.82, 2.24) is 5.32 Å². The van der Waals surface area contributed by atoms with Gasteiger partial charge in [-0.2, -0.15) is 0 Å². The van der Waals surface area contributed by atoms with Crippen LogP contribution >= 0.6 is 0 Å². The van der Waals surface area contributed by atoms with E-state index < -0.39 is 0 Å². The summed E-state index contributed by atoms with van der Waals surface area (Å²) in [6.07, 6.45) is 9.41. The summed E-state index contributed by atoms with van der Waals surface area (Å²) in [6, 6.07) is 0.770. The van der Waals surface area contributed by atoms with Crippen molar-refractivity contribution >= 4 is 0 Å². The number of hydrogen-bond donors (Lipinski definition) is 1. The van der Waals surface area contributed by atoms with Crippen molar-refractivity contribution in [2.75, 3.05) is 6.54 Å². The molecule has 0 aromatic rings. The monoisotopic (exact) mass is 185 g/mol. The Kier molecular flexibility index (Phi) is 10.0. The average molecular weight is 185 g/mol. The Bertz CT molecular complexity index is 91.1. The molecular weight excluding hydrogens is 158 g/mol. The van der Waals surface area contributed by atoms with E-state index >= 15 is 0 Å². The standard InChI is InChI=1S/C12H27N/c1-4-7-8-9-11-13-12(6-3)10-5-2/h12-13H,4-11H2,1-3H3. The minimum Gasteiger partial charge on any atom is -0.314 e. The average Bonchev–Trinajstić information content (AvgIpc) is 2.16. The van der Waals surface area contributed by atoms with Crippen molar-refractivity contribution in [3.05, 3.63) is 0 Å². The van der Waals surface area contributed by atoms with Crippen molar-refractivity contribution in [3.8, 4) is 0 Å². The van der Waals surface area contributed by atoms with E-state index in [2.05, 4.69) is 26.1 Å². The number of rotatable bonds is 9. The summed E-state index contributed by atoms with van der Waals surface area (Å²) in [5.74, 6) is 0. The molecule has 0 rings (SSSR count). The topological polar surface area (TPSA) is 12.0 Å². The van der Waals surface area contributed by atoms with E-state index in [1.165, 1.54) is 51.5 Å². The molecule has 1 heteroatoms. The molecule has 0 spiro atoms. The lowest BCUT2D eigenvalue weighted by Crippen LogP contribution is -2.29. The summed E-state index contributed by atoms with van der Waals surface area (Å²) >= 11 is 0. The van der Waals surface area contributed by atoms with Crippen LogP contribution in [-0.4, -0.2) is 12.6 Å². The lowest BCUT2D eigenvalue weighted by Gasteiger charge is -2.15. The normalized spacial score (nSPS) is 13.2. The third-order valence-electron chi connectivity index (χ3n) is 2.59. The quantitative estimate of drug-likeness (QED) is 0.540. The molecule has 0 fully saturated rings. The zero-order valence-corrected chi connectivity index (χ0v) is 9.73. The fourth-order valence-electron chi connectivity index (χ4n) is 1.66. The van der Waals surface area contributed by atoms with E-state index in [1.54, 1.807) is 0 Å². The SMILES string of the molecule is CCCCCCNC(CC)CCC. The third-order valence-corrected chi connectivity index (χ3v) is 2.59. The summed E-state index contributed by atoms with van der Waals surface area (Å²) in [4.78, 5) is 0. The Hall–Kier alpha value is -0.0400. The minimum atomic E-state index is 0.770. The van der Waals surface area contributed by atoms with Crippen molar-refractivity contribution < 1.29 is 0 Å². The van der Waals surface area contributed by atoms with Crippen LogP contribution in [0.15, 0.2) is 0 Å². The summed E-state index contributed by atoms with van der Waals surface area (Å²) in [5.41, 5.74) is 0. The Morgan fingerprint density at radius 2 is 1.69 bits per heavy atom. The Morgan fingerprint density at radius 1 is 0.923 bits per heavy atom. The molecule has 0 amide bonds. The molecule has 0 radical (unpaired) electrons. The van der Waals surface area contributed by atoms with Crippen LogP contribution in [0.3, 0.4) is 0 Å². The van der Waals surface area contributed by atoms with Gasteiger partial charge in [-0.05, 0) is 25.8 Å². The van der Waals surface area contributed by atoms with E-state index in [9.17, 15) is 0 Å². The second-order valence-corrected chi connectivity index (χ2v) is 3.91. The van der Waals surface area contributed by atoms with Gasteiger partial charge >= 0.3 is 0 Å². The molecule has 0 bridgehead atoms. The molecule has 0 heterocycles. The van der Waals surface area contributed by atoms with E-state index in [-0.39, 0.29) is 0 Å². The smallest absolute Gasteiger partial charge is 0.00643 e. The maximum atomic E-state index is 3.63. The predicted molar refractivity (Wildman–Crippen MR) is 61.1 cm³/mol. The van der Waals surface area contributed by atoms with Gasteiger partial charge in [0.25, 0.3) is 0 Å². The highest BCUT2D eigenvalue weighted by Gasteiger charge is 2.01. The zero-order chi connectivity index (χ0) is 9.94. The van der Waals surface area contributed by atoms with Crippen LogP contribution < -0.4 is 5.32 Å². The largest absolute Gasteiger partial charge is 0.314 e. The fourth-order valence-corrected chi connectivity index (χ4v) is 1.66. The molecule has 1 atom stereocenters. The highest BCUT2D eigenvalue weighted by molar-refractivity contribution is 4.63. The van der Waals surface area contributed by atoms with Crippen molar-refractivity contribution in [3.63, 3.8) is 0 Å². The van der Waals surface area contributed by atoms with E-state index in [0.717, 1.165) is 6.04 Å². The first-order chi connectivity index (χ1) is 6.35. The predicted octanol–water partition coefficient (Wildman–Crippen LogP) is 3.74. The fraction of sp³-hybridized carbons (Fsp3) is 1.00. The zero-order valence-electron chi connectivity index (χ0n) is 9.73. The van der Waals surface area contributed by atoms with Gasteiger partial charge in [-0.1, -0.05) is 46.5 Å². The number of unbranched alkanes of at least 4 members (excludes halogenated alkanes) is 3. The summed E-state index contributed by atoms with van der Waals surface area (Å²) < 4.78 is 0. The molecule has 0 aromatic carbocycles. The summed E-state index contributed by atoms with van der Waals surface area (Å²) in [5, 5.41) is 3.63. The van der Waals surface area contributed by atoms with Gasteiger partial charge in [0.1, 0.15) is 0 Å². The molecule has 0 saturated heterocycles. The van der Waals surface area contributed by atoms with Crippen molar-refractivity contribution in [2.24, 2.45) is 0 Å². The first kappa shape index (κ1) is 13.0. The van der Waals surface area contributed by atoms with Gasteiger partial charge in [0, 0.05) is 6.04 Å². The Balaban J connectivity index is 3.17. The number of hydrogen-bond acceptors (Lipinski definition) is 1. The van der Waals surface area contributed by atoms with E-state index in [1.807, 2.05) is 0 Å². The van der Waals surface area contributed by atoms with Gasteiger partial charge in [0.15, 0.2) is 0 Å². The highest BCUT2D eigenvalue weighted by atomic mass is 14.9. The Morgan fingerprint density at radius 3 is 2.23 bits per heavy atom. The first-order valence-corrected chi connectivity index (χ1v) is 6.08. The molecule has 1 unspecified atom stereocenters. The third kappa shape index (κ3) is 8.29. The first-order valence-electron chi connectivity index (χ1n) is 6.08. The second kappa shape index (κ2) is 10.0. The van der Waals surface area contributed by atoms with Gasteiger partial charge in [0.2, 0.25) is 0 Å². The van der Waals surface area contributed by atoms with Gasteiger partial charge in [0.05, 0.1) is 0 Å². The van der Waals surface area contributed by atoms with Crippen LogP contribution in [0.2, 0.25) is 0 Å². The van der Waals surface area contributed by atoms with Crippen LogP contribution in [0.1, 0.15) is 65.7 Å². The van der Waals surface area contributed by atoms with E-state index in [0.29, 0.717) is 0 Å². The van der Waals surface area contributed by atoms with Crippen LogP contribution in [0.25, 0.3) is 0 Å². The summed E-state index contributed by atoms with van der Waals surface area (Å²) in [7, 11) is 0. The molecule has 80 valence electrons. The molecule has 1 N–H and O–H groups in total. The van der Waals surface area contributed by atoms with Crippen LogP contribution in [0, 0.1) is 0 Å². The molecule has 0 aliphatic heterocycles. The van der Waals surface area contributed by atoms with Gasteiger partial charge in [-0.25, -0.2) is 0 Å². The lowest BCUT2D eigenvalue weighted by atomic mass is 10.1. The van der Waals surface area contributed by atoms with Crippen LogP contribution in [-0.2, 0) is 0 Å². The molecular formula is C12H27N. The van der Waals surface area contributed by atoms with Gasteiger partial charge in [-0.3, -0.25) is 0 Å². The molecule has 1 nitrogen and oxygen atoms in total. The van der Waals surface area contributed by atoms with Crippen LogP contribution in [0.5, 0.6) is 0 Å². The van der Waals surface area contributed by atoms with Crippen LogP contribution in [0.4, 0.5) is 0 Å². The number of nitrogens with one attached hydrogen (secondary N) is 1. The van der Waals surface area contributed by atoms with Crippen molar-refractivity contribution in [1.29, 1.82) is 0 Å². The molecule has 0 saturated carbocycles. The molecule has 13 heavy (non-hydrogen) atoms. The van der Waals surface area contributed by atoms with Gasteiger partial charge in [-0.15, -0.1) is 0 Å². The summed E-state index contributed by atoms with van der Waals surface area (Å²) in [6.45, 7) is 8.03. The molecule has 0 aliphatic rings. The second-order valence-electron chi connectivity index (χ2n) is 3.91. The lowest BCUT2D eigenvalue weighted by molar-refractivity contribution is 0.452. The maximum absolute atomic E-state index is 3.63. The van der Waals surface area contributed by atoms with Crippen molar-refractivity contribution in [2.45, 2.75) is 71.8 Å². The maximum Gasteiger partial charge on any atom is 0.00643 e. The van der Waals surface area contributed by atoms with Gasteiger partial charge < -0.3 is 5.32 Å². The highest BCUT2D eigenvalue weighted by Crippen LogP contribution is 2.02. The Labute approximate surface area is 84.3 Å². The molecule has 0 aromatic heterocycles. The van der Waals surface area contributed by atoms with E-state index in [4.69, 9.17) is 0 Å². The molecule has 0 aliphatic carbocycles.